The summed E-state index contributed by atoms with van der Waals surface area (Å²) in [6, 6.07) is 0. The first-order valence-electron chi connectivity index (χ1n) is 1.64. The molecule has 0 heterocycles. The number of halogens is 2. The maximum Gasteiger partial charge on any atom is 0.172 e. The van der Waals surface area contributed by atoms with Crippen molar-refractivity contribution in [2.75, 3.05) is 0 Å². The Morgan fingerprint density at radius 3 is 1.83 bits per heavy atom. The molecule has 0 aromatic rings. The van der Waals surface area contributed by atoms with Crippen LogP contribution in [0.5, 0.6) is 0 Å². The number of hydrogen-bond donors (Lipinski definition) is 0. The van der Waals surface area contributed by atoms with E-state index in [2.05, 4.69) is 12.6 Å². The lowest BCUT2D eigenvalue weighted by Crippen LogP contribution is -1.96. The third-order valence-corrected chi connectivity index (χ3v) is 1.23. The van der Waals surface area contributed by atoms with Gasteiger partial charge in [-0.2, -0.15) is 0 Å². The average Bonchev–Trinajstić information content (AvgIpc) is 1.35. The Bertz CT molecular complexity index is 38.5. The van der Waals surface area contributed by atoms with E-state index in [9.17, 15) is 0 Å². The van der Waals surface area contributed by atoms with Gasteiger partial charge < -0.3 is 0 Å². The van der Waals surface area contributed by atoms with Crippen molar-refractivity contribution in [2.45, 2.75) is 17.0 Å². The molecule has 0 saturated heterocycles. The smallest absolute Gasteiger partial charge is 0.0885 e. The van der Waals surface area contributed by atoms with Crippen LogP contribution in [-0.4, -0.2) is 3.67 Å². The lowest BCUT2D eigenvalue weighted by Gasteiger charge is -2.03. The zero-order valence-corrected chi connectivity index (χ0v) is 5.70. The van der Waals surface area contributed by atoms with Gasteiger partial charge in [0.1, 0.15) is 0 Å². The first-order chi connectivity index (χ1) is 2.56. The standard InChI is InChI=1S/C3H5Cl2S/c1-2-3(4,5)6/h2H2,1H3. The number of alkyl halides is 2. The highest BCUT2D eigenvalue weighted by atomic mass is 35.5. The molecule has 0 unspecified atom stereocenters. The number of hydrogen-bond acceptors (Lipinski definition) is 0. The molecule has 0 spiro atoms. The van der Waals surface area contributed by atoms with E-state index in [4.69, 9.17) is 23.2 Å². The molecular formula is C3H5Cl2S. The zero-order valence-electron chi connectivity index (χ0n) is 3.37. The van der Waals surface area contributed by atoms with Gasteiger partial charge in [0.25, 0.3) is 0 Å². The molecule has 0 aliphatic heterocycles. The molecule has 0 fully saturated rings. The number of rotatable bonds is 1. The first kappa shape index (κ1) is 6.93. The van der Waals surface area contributed by atoms with Crippen LogP contribution in [0, 0.1) is 0 Å². The lowest BCUT2D eigenvalue weighted by molar-refractivity contribution is 0.992. The van der Waals surface area contributed by atoms with E-state index in [1.54, 1.807) is 0 Å². The maximum absolute atomic E-state index is 5.30. The Balaban J connectivity index is 3.17. The van der Waals surface area contributed by atoms with Gasteiger partial charge >= 0.3 is 0 Å². The molecule has 0 aliphatic rings. The van der Waals surface area contributed by atoms with E-state index in [1.807, 2.05) is 6.92 Å². The van der Waals surface area contributed by atoms with Crippen molar-refractivity contribution in [3.8, 4) is 0 Å². The van der Waals surface area contributed by atoms with Crippen molar-refractivity contribution >= 4 is 35.8 Å². The first-order valence-corrected chi connectivity index (χ1v) is 2.81. The zero-order chi connectivity index (χ0) is 5.21. The van der Waals surface area contributed by atoms with Crippen molar-refractivity contribution < 1.29 is 0 Å². The molecule has 0 saturated carbocycles. The van der Waals surface area contributed by atoms with Crippen molar-refractivity contribution in [2.24, 2.45) is 0 Å². The average molecular weight is 144 g/mol. The fourth-order valence-electron chi connectivity index (χ4n) is 0. The third kappa shape index (κ3) is 4.93. The van der Waals surface area contributed by atoms with E-state index in [-0.39, 0.29) is 0 Å². The molecule has 6 heavy (non-hydrogen) atoms. The van der Waals surface area contributed by atoms with E-state index < -0.39 is 3.67 Å². The molecule has 0 bridgehead atoms. The van der Waals surface area contributed by atoms with Crippen molar-refractivity contribution in [3.63, 3.8) is 0 Å². The SMILES string of the molecule is CCC([S])(Cl)Cl. The minimum Gasteiger partial charge on any atom is -0.0885 e. The third-order valence-electron chi connectivity index (χ3n) is 0.412. The molecule has 1 radical (unpaired) electrons. The highest BCUT2D eigenvalue weighted by Gasteiger charge is 2.13. The van der Waals surface area contributed by atoms with Crippen LogP contribution in [0.2, 0.25) is 0 Å². The van der Waals surface area contributed by atoms with Crippen LogP contribution in [0.3, 0.4) is 0 Å². The van der Waals surface area contributed by atoms with Gasteiger partial charge in [0.05, 0.1) is 0 Å². The summed E-state index contributed by atoms with van der Waals surface area (Å²) in [5.74, 6) is 0. The molecule has 0 N–H and O–H groups in total. The summed E-state index contributed by atoms with van der Waals surface area (Å²) >= 11 is 15.1. The van der Waals surface area contributed by atoms with Crippen LogP contribution < -0.4 is 0 Å². The Labute approximate surface area is 53.2 Å². The summed E-state index contributed by atoms with van der Waals surface area (Å²) in [6.07, 6.45) is 0.617. The predicted octanol–water partition coefficient (Wildman–Crippen LogP) is 2.73. The molecule has 0 nitrogen and oxygen atoms in total. The van der Waals surface area contributed by atoms with Gasteiger partial charge in [-0.05, 0) is 6.42 Å². The summed E-state index contributed by atoms with van der Waals surface area (Å²) in [7, 11) is 0. The highest BCUT2D eigenvalue weighted by Crippen LogP contribution is 2.28. The molecule has 0 rings (SSSR count). The van der Waals surface area contributed by atoms with Crippen LogP contribution >= 0.6 is 35.8 Å². The topological polar surface area (TPSA) is 0 Å². The van der Waals surface area contributed by atoms with Crippen LogP contribution in [0.1, 0.15) is 13.3 Å². The molecule has 0 aromatic carbocycles. The minimum atomic E-state index is -0.931. The van der Waals surface area contributed by atoms with Gasteiger partial charge in [-0.15, -0.1) is 0 Å². The molecule has 0 aliphatic carbocycles. The van der Waals surface area contributed by atoms with Crippen molar-refractivity contribution in [1.82, 2.24) is 0 Å². The summed E-state index contributed by atoms with van der Waals surface area (Å²) in [6.45, 7) is 1.84. The summed E-state index contributed by atoms with van der Waals surface area (Å²) in [4.78, 5) is 0. The van der Waals surface area contributed by atoms with Crippen molar-refractivity contribution in [3.05, 3.63) is 0 Å². The second kappa shape index (κ2) is 2.29. The molecule has 0 aromatic heterocycles. The van der Waals surface area contributed by atoms with Crippen LogP contribution in [-0.2, 0) is 0 Å². The summed E-state index contributed by atoms with van der Waals surface area (Å²) < 4.78 is -0.931. The van der Waals surface area contributed by atoms with E-state index in [0.717, 1.165) is 0 Å². The summed E-state index contributed by atoms with van der Waals surface area (Å²) in [5.41, 5.74) is 0. The van der Waals surface area contributed by atoms with Gasteiger partial charge in [0.15, 0.2) is 3.67 Å². The van der Waals surface area contributed by atoms with E-state index in [1.165, 1.54) is 0 Å². The maximum atomic E-state index is 5.30. The Hall–Kier alpha value is 0.930. The predicted molar refractivity (Wildman–Crippen MR) is 32.3 cm³/mol. The van der Waals surface area contributed by atoms with E-state index in [0.29, 0.717) is 6.42 Å². The molecular weight excluding hydrogens is 139 g/mol. The lowest BCUT2D eigenvalue weighted by atomic mass is 10.6. The van der Waals surface area contributed by atoms with Gasteiger partial charge in [0.2, 0.25) is 0 Å². The molecule has 0 amide bonds. The monoisotopic (exact) mass is 143 g/mol. The normalized spacial score (nSPS) is 12.0. The van der Waals surface area contributed by atoms with Crippen molar-refractivity contribution in [1.29, 1.82) is 0 Å². The molecule has 0 atom stereocenters. The van der Waals surface area contributed by atoms with E-state index >= 15 is 0 Å². The van der Waals surface area contributed by atoms with Crippen LogP contribution in [0.25, 0.3) is 0 Å². The fraction of sp³-hybridized carbons (Fsp3) is 1.00. The molecule has 3 heteroatoms. The Morgan fingerprint density at radius 2 is 1.83 bits per heavy atom. The highest BCUT2D eigenvalue weighted by molar-refractivity contribution is 7.85. The van der Waals surface area contributed by atoms with Gasteiger partial charge in [0, 0.05) is 0 Å². The van der Waals surface area contributed by atoms with Gasteiger partial charge in [-0.3, -0.25) is 0 Å². The van der Waals surface area contributed by atoms with Crippen LogP contribution in [0.15, 0.2) is 0 Å². The quantitative estimate of drug-likeness (QED) is 0.496. The summed E-state index contributed by atoms with van der Waals surface area (Å²) in [5, 5.41) is 0. The second-order valence-electron chi connectivity index (χ2n) is 0.991. The van der Waals surface area contributed by atoms with Crippen LogP contribution in [0.4, 0.5) is 0 Å². The Kier molecular flexibility index (Phi) is 2.65. The largest absolute Gasteiger partial charge is 0.172 e. The van der Waals surface area contributed by atoms with Gasteiger partial charge in [-0.25, -0.2) is 0 Å². The second-order valence-corrected chi connectivity index (χ2v) is 3.62. The minimum absolute atomic E-state index is 0.617. The molecule has 37 valence electrons. The fourth-order valence-corrected chi connectivity index (χ4v) is 0. The van der Waals surface area contributed by atoms with Gasteiger partial charge in [-0.1, -0.05) is 42.8 Å². The Morgan fingerprint density at radius 1 is 1.67 bits per heavy atom.